The highest BCUT2D eigenvalue weighted by atomic mass is 35.5. The number of benzene rings is 7. The van der Waals surface area contributed by atoms with Gasteiger partial charge in [-0.15, -0.1) is 0 Å². The van der Waals surface area contributed by atoms with Gasteiger partial charge in [0.05, 0.1) is 15.6 Å². The molecule has 7 amide bonds. The van der Waals surface area contributed by atoms with Crippen LogP contribution in [-0.2, 0) is 46.5 Å². The molecule has 0 aromatic heterocycles. The Morgan fingerprint density at radius 1 is 0.544 bits per heavy atom. The maximum absolute atomic E-state index is 16.1. The Morgan fingerprint density at radius 2 is 1.15 bits per heavy atom. The van der Waals surface area contributed by atoms with Gasteiger partial charge in [-0.1, -0.05) is 99.3 Å². The van der Waals surface area contributed by atoms with Gasteiger partial charge >= 0.3 is 0 Å². The lowest BCUT2D eigenvalue weighted by Gasteiger charge is -2.32. The van der Waals surface area contributed by atoms with Crippen molar-refractivity contribution in [3.05, 3.63) is 164 Å². The number of carbonyl (C=O) groups is 7. The number of fused-ring (bicyclic) bond motifs is 14. The van der Waals surface area contributed by atoms with Gasteiger partial charge in [0.2, 0.25) is 47.1 Å². The lowest BCUT2D eigenvalue weighted by Crippen LogP contribution is -2.56. The number of aromatic hydroxyl groups is 6. The van der Waals surface area contributed by atoms with E-state index in [1.165, 1.54) is 79.2 Å². The minimum Gasteiger partial charge on any atom is -0.508 e. The van der Waals surface area contributed by atoms with E-state index in [0.29, 0.717) is 25.1 Å². The summed E-state index contributed by atoms with van der Waals surface area (Å²) in [6.07, 6.45) is 6.28. The van der Waals surface area contributed by atoms with Crippen LogP contribution < -0.4 is 62.5 Å². The van der Waals surface area contributed by atoms with Crippen LogP contribution in [0.5, 0.6) is 69.0 Å². The molecule has 29 heteroatoms. The zero-order valence-corrected chi connectivity index (χ0v) is 57.9. The molecule has 0 unspecified atom stereocenters. The number of rotatable bonds is 16. The molecule has 6 heterocycles. The number of aliphatic hydroxyl groups is 1. The molecule has 0 radical (unpaired) electrons. The van der Waals surface area contributed by atoms with Crippen LogP contribution >= 0.6 is 23.2 Å². The van der Waals surface area contributed by atoms with Gasteiger partial charge in [-0.3, -0.25) is 33.6 Å². The van der Waals surface area contributed by atoms with E-state index in [-0.39, 0.29) is 103 Å². The molecular formula is C74H80Cl2N10O17. The van der Waals surface area contributed by atoms with Crippen LogP contribution in [0.4, 0.5) is 0 Å². The second-order valence-corrected chi connectivity index (χ2v) is 26.9. The summed E-state index contributed by atoms with van der Waals surface area (Å²) in [6, 6.07) is 8.82. The number of carbonyl (C=O) groups excluding carboxylic acids is 7. The van der Waals surface area contributed by atoms with E-state index in [1.807, 2.05) is 19.0 Å². The fourth-order valence-electron chi connectivity index (χ4n) is 12.8. The van der Waals surface area contributed by atoms with Crippen LogP contribution in [-0.4, -0.2) is 128 Å². The van der Waals surface area contributed by atoms with Gasteiger partial charge in [0, 0.05) is 36.7 Å². The van der Waals surface area contributed by atoms with Crippen molar-refractivity contribution < 1.29 is 83.5 Å². The molecule has 0 aliphatic carbocycles. The zero-order valence-electron chi connectivity index (χ0n) is 56.4. The molecule has 17 N–H and O–H groups in total. The molecular weight excluding hydrogens is 1370 g/mol. The Kier molecular flexibility index (Phi) is 23.0. The first kappa shape index (κ1) is 73.7. The highest BCUT2D eigenvalue weighted by molar-refractivity contribution is 6.32. The molecule has 0 saturated carbocycles. The van der Waals surface area contributed by atoms with Crippen molar-refractivity contribution in [3.8, 4) is 80.1 Å². The van der Waals surface area contributed by atoms with Crippen LogP contribution in [0, 0.1) is 0 Å². The minimum absolute atomic E-state index is 0.0484. The summed E-state index contributed by atoms with van der Waals surface area (Å²) in [5, 5.41) is 106. The Hall–Kier alpha value is -10.6. The lowest BCUT2D eigenvalue weighted by molar-refractivity contribution is -0.137. The lowest BCUT2D eigenvalue weighted by atomic mass is 9.87. The number of phenolic OH excluding ortho intramolecular Hbond substituents is 6. The third-order valence-corrected chi connectivity index (χ3v) is 18.9. The summed E-state index contributed by atoms with van der Waals surface area (Å²) in [4.78, 5) is 109. The van der Waals surface area contributed by atoms with Crippen molar-refractivity contribution in [1.29, 1.82) is 0 Å². The van der Waals surface area contributed by atoms with Crippen LogP contribution in [0.15, 0.2) is 109 Å². The molecule has 0 spiro atoms. The monoisotopic (exact) mass is 1450 g/mol. The van der Waals surface area contributed by atoms with Crippen LogP contribution in [0.1, 0.15) is 146 Å². The predicted molar refractivity (Wildman–Crippen MR) is 378 cm³/mol. The molecule has 13 rings (SSSR count). The first-order valence-corrected chi connectivity index (χ1v) is 34.5. The van der Waals surface area contributed by atoms with Crippen LogP contribution in [0.3, 0.4) is 0 Å². The van der Waals surface area contributed by atoms with Crippen molar-refractivity contribution in [2.45, 2.75) is 126 Å². The number of unbranched alkanes of at least 4 members (excludes halogenated alkanes) is 7. The van der Waals surface area contributed by atoms with Crippen molar-refractivity contribution in [3.63, 3.8) is 0 Å². The fourth-order valence-corrected chi connectivity index (χ4v) is 13.3. The fraction of sp³-hybridized carbons (Fsp3) is 0.338. The number of nitrogens with zero attached hydrogens (tertiary/aromatic N) is 1. The molecule has 17 bridgehead atoms. The second kappa shape index (κ2) is 32.2. The van der Waals surface area contributed by atoms with Crippen molar-refractivity contribution in [2.24, 2.45) is 5.73 Å². The van der Waals surface area contributed by atoms with E-state index in [1.54, 1.807) is 0 Å². The van der Waals surface area contributed by atoms with Crippen molar-refractivity contribution in [1.82, 2.24) is 47.4 Å². The summed E-state index contributed by atoms with van der Waals surface area (Å²) in [5.41, 5.74) is 5.09. The van der Waals surface area contributed by atoms with Gasteiger partial charge in [0.25, 0.3) is 0 Å². The predicted octanol–water partition coefficient (Wildman–Crippen LogP) is 8.20. The van der Waals surface area contributed by atoms with E-state index >= 15 is 24.0 Å². The van der Waals surface area contributed by atoms with Gasteiger partial charge in [-0.05, 0) is 158 Å². The number of aliphatic hydroxyl groups excluding tert-OH is 1. The molecule has 542 valence electrons. The van der Waals surface area contributed by atoms with Gasteiger partial charge in [0.1, 0.15) is 88.6 Å². The largest absolute Gasteiger partial charge is 0.508 e. The molecule has 103 heavy (non-hydrogen) atoms. The Bertz CT molecular complexity index is 4440. The molecule has 6 aliphatic rings. The quantitative estimate of drug-likeness (QED) is 0.0405. The average molecular weight is 1450 g/mol. The van der Waals surface area contributed by atoms with E-state index in [9.17, 15) is 45.3 Å². The smallest absolute Gasteiger partial charge is 0.248 e. The SMILES string of the molecule is CCCCCCCCCCNCc1c(O)cc2c(c1O)-c1cc(ccc1O)[C@H]1NC(=O)[C@@H]3NC(=O)[C@H]4NC(=O)[C@@H](Cc5ccc(c(Cl)c5)Oc5cc3cc(c5O)Oc3ccc(cc3Cl)[C@@H](O)[C@H](NC1=O)C(=O)N[C@@H]2C(=O)NCCCN(C)C)NC(=O)[C@@H](N)c1ccc(O)c(c1)Oc1cc(O)cc4c1. The number of hydrogen-bond donors (Lipinski definition) is 16. The van der Waals surface area contributed by atoms with Crippen LogP contribution in [0.2, 0.25) is 10.0 Å². The molecule has 8 atom stereocenters. The molecule has 7 aromatic rings. The number of ether oxygens (including phenoxy) is 3. The van der Waals surface area contributed by atoms with Gasteiger partial charge < -0.3 is 103 Å². The second-order valence-electron chi connectivity index (χ2n) is 26.1. The van der Waals surface area contributed by atoms with Crippen molar-refractivity contribution >= 4 is 64.6 Å². The summed E-state index contributed by atoms with van der Waals surface area (Å²) < 4.78 is 18.7. The highest BCUT2D eigenvalue weighted by Crippen LogP contribution is 2.49. The van der Waals surface area contributed by atoms with E-state index in [2.05, 4.69) is 49.5 Å². The minimum atomic E-state index is -2.17. The van der Waals surface area contributed by atoms with E-state index in [0.717, 1.165) is 81.3 Å². The summed E-state index contributed by atoms with van der Waals surface area (Å²) in [5.74, 6) is -13.2. The summed E-state index contributed by atoms with van der Waals surface area (Å²) in [6.45, 7) is 3.04. The number of hydrogen-bond acceptors (Lipinski definition) is 20. The molecule has 0 fully saturated rings. The van der Waals surface area contributed by atoms with E-state index < -0.39 is 136 Å². The number of phenols is 6. The topological polar surface area (TPSA) is 414 Å². The third-order valence-electron chi connectivity index (χ3n) is 18.3. The average Bonchev–Trinajstić information content (AvgIpc) is 0.757. The molecule has 6 aliphatic heterocycles. The summed E-state index contributed by atoms with van der Waals surface area (Å²) in [7, 11) is 3.66. The first-order valence-electron chi connectivity index (χ1n) is 33.8. The number of halogens is 2. The Balaban J connectivity index is 1.09. The zero-order chi connectivity index (χ0) is 73.5. The van der Waals surface area contributed by atoms with Gasteiger partial charge in [-0.2, -0.15) is 0 Å². The maximum Gasteiger partial charge on any atom is 0.248 e. The summed E-state index contributed by atoms with van der Waals surface area (Å²) >= 11 is 13.9. The highest BCUT2D eigenvalue weighted by Gasteiger charge is 2.42. The van der Waals surface area contributed by atoms with Gasteiger partial charge in [0.15, 0.2) is 23.0 Å². The van der Waals surface area contributed by atoms with Crippen molar-refractivity contribution in [2.75, 3.05) is 33.7 Å². The normalized spacial score (nSPS) is 20.3. The number of amides is 7. The Morgan fingerprint density at radius 3 is 1.83 bits per heavy atom. The first-order chi connectivity index (χ1) is 49.3. The maximum atomic E-state index is 16.1. The Labute approximate surface area is 602 Å². The molecule has 7 aromatic carbocycles. The molecule has 27 nitrogen and oxygen atoms in total. The van der Waals surface area contributed by atoms with Crippen LogP contribution in [0.25, 0.3) is 11.1 Å². The van der Waals surface area contributed by atoms with E-state index in [4.69, 9.17) is 43.1 Å². The van der Waals surface area contributed by atoms with Gasteiger partial charge in [-0.25, -0.2) is 0 Å². The number of nitrogens with one attached hydrogen (secondary N) is 8. The standard InChI is InChI=1S/C74H80Cl2N10O17/c1-4-5-6-7-8-9-10-11-21-78-35-46-52(90)34-45-58(66(46)92)44-28-38(15-17-50(44)88)60-71(97)85-64(74(100)84-63(45)70(96)79-22-12-23-86(2)3)65(91)39-16-20-54(48(76)29-39)103-57-32-41-31-56(67(57)93)102-53-19-13-36(24-47(53)75)25-49-68(94)81-61(72(98)83-62(41)73(99)82-60)40-26-42(87)33-43(27-40)101-55-30-37(14-18-51(55)89)59(77)69(95)80-49/h13-20,24,26-34,49,59-65,78,87-93H,4-12,21-23,25,35,77H2,1-3H3,(H,79,96)(H,80,95)(H,81,94)(H,82,99)(H,83,98)(H,84,100)(H,85,97)/t49-,59+,60-,61+,62-,63+,64+,65-/m1/s1. The molecule has 0 saturated heterocycles. The number of nitrogens with two attached hydrogens (primary N) is 1. The third kappa shape index (κ3) is 16.8.